The Balaban J connectivity index is 2.21. The Bertz CT molecular complexity index is 161. The summed E-state index contributed by atoms with van der Waals surface area (Å²) < 4.78 is 0. The van der Waals surface area contributed by atoms with Gasteiger partial charge in [-0.1, -0.05) is 0 Å². The number of nitrogens with one attached hydrogen (secondary N) is 1. The lowest BCUT2D eigenvalue weighted by Crippen LogP contribution is -2.40. The third-order valence-electron chi connectivity index (χ3n) is 3.03. The predicted molar refractivity (Wildman–Crippen MR) is 59.4 cm³/mol. The van der Waals surface area contributed by atoms with Gasteiger partial charge in [0.05, 0.1) is 0 Å². The van der Waals surface area contributed by atoms with Crippen molar-refractivity contribution in [1.82, 2.24) is 10.2 Å². The molecule has 0 saturated carbocycles. The van der Waals surface area contributed by atoms with Crippen molar-refractivity contribution >= 4 is 0 Å². The number of hydrogen-bond acceptors (Lipinski definition) is 3. The molecule has 84 valence electrons. The van der Waals surface area contributed by atoms with E-state index in [4.69, 9.17) is 5.11 Å². The average Bonchev–Trinajstić information content (AvgIpc) is 2.53. The highest BCUT2D eigenvalue weighted by atomic mass is 16.3. The Morgan fingerprint density at radius 1 is 1.43 bits per heavy atom. The van der Waals surface area contributed by atoms with E-state index in [-0.39, 0.29) is 6.61 Å². The maximum Gasteiger partial charge on any atom is 0.0445 e. The Morgan fingerprint density at radius 2 is 2.14 bits per heavy atom. The predicted octanol–water partition coefficient (Wildman–Crippen LogP) is 0.830. The Labute approximate surface area is 87.5 Å². The summed E-state index contributed by atoms with van der Waals surface area (Å²) in [7, 11) is 0. The van der Waals surface area contributed by atoms with Crippen LogP contribution < -0.4 is 5.32 Å². The van der Waals surface area contributed by atoms with Crippen LogP contribution >= 0.6 is 0 Å². The zero-order chi connectivity index (χ0) is 10.6. The number of hydrogen-bond donors (Lipinski definition) is 2. The number of likely N-dealkylation sites (tertiary alicyclic amines) is 1. The molecule has 1 aliphatic rings. The van der Waals surface area contributed by atoms with Gasteiger partial charge >= 0.3 is 0 Å². The molecule has 14 heavy (non-hydrogen) atoms. The van der Waals surface area contributed by atoms with Crippen LogP contribution in [0.5, 0.6) is 0 Å². The molecule has 0 radical (unpaired) electrons. The minimum atomic E-state index is 0.286. The normalized spacial score (nSPS) is 25.9. The molecule has 1 rings (SSSR count). The maximum absolute atomic E-state index is 8.80. The van der Waals surface area contributed by atoms with Gasteiger partial charge in [-0.15, -0.1) is 0 Å². The van der Waals surface area contributed by atoms with E-state index in [1.165, 1.54) is 13.0 Å². The molecule has 0 aromatic carbocycles. The Morgan fingerprint density at radius 3 is 2.64 bits per heavy atom. The molecule has 2 unspecified atom stereocenters. The van der Waals surface area contributed by atoms with Gasteiger partial charge in [-0.2, -0.15) is 0 Å². The van der Waals surface area contributed by atoms with Gasteiger partial charge in [-0.3, -0.25) is 4.90 Å². The van der Waals surface area contributed by atoms with Crippen molar-refractivity contribution in [2.24, 2.45) is 0 Å². The second-order valence-electron chi connectivity index (χ2n) is 4.65. The molecule has 2 N–H and O–H groups in total. The molecule has 1 saturated heterocycles. The lowest BCUT2D eigenvalue weighted by atomic mass is 10.2. The van der Waals surface area contributed by atoms with Crippen molar-refractivity contribution in [2.75, 3.05) is 19.7 Å². The fourth-order valence-corrected chi connectivity index (χ4v) is 2.07. The quantitative estimate of drug-likeness (QED) is 0.690. The van der Waals surface area contributed by atoms with Crippen molar-refractivity contribution in [2.45, 2.75) is 51.7 Å². The smallest absolute Gasteiger partial charge is 0.0445 e. The van der Waals surface area contributed by atoms with Gasteiger partial charge in [-0.25, -0.2) is 0 Å². The molecule has 0 aliphatic carbocycles. The number of aliphatic hydroxyl groups is 1. The summed E-state index contributed by atoms with van der Waals surface area (Å²) in [5, 5.41) is 12.4. The fourth-order valence-electron chi connectivity index (χ4n) is 2.07. The lowest BCUT2D eigenvalue weighted by molar-refractivity contribution is 0.250. The van der Waals surface area contributed by atoms with E-state index >= 15 is 0 Å². The number of aliphatic hydroxyl groups excluding tert-OH is 1. The molecular weight excluding hydrogens is 176 g/mol. The highest BCUT2D eigenvalue weighted by molar-refractivity contribution is 4.84. The first-order chi connectivity index (χ1) is 6.63. The SMILES string of the molecule is CC(CCO)NC1CCN(C(C)C)C1. The molecule has 1 fully saturated rings. The second kappa shape index (κ2) is 5.69. The number of nitrogens with zero attached hydrogens (tertiary/aromatic N) is 1. The Hall–Kier alpha value is -0.120. The largest absolute Gasteiger partial charge is 0.396 e. The van der Waals surface area contributed by atoms with E-state index in [9.17, 15) is 0 Å². The first-order valence-electron chi connectivity index (χ1n) is 5.74. The third-order valence-corrected chi connectivity index (χ3v) is 3.03. The molecule has 1 aliphatic heterocycles. The molecule has 0 bridgehead atoms. The van der Waals surface area contributed by atoms with Gasteiger partial charge in [0.25, 0.3) is 0 Å². The molecular formula is C11H24N2O. The van der Waals surface area contributed by atoms with Gasteiger partial charge < -0.3 is 10.4 Å². The van der Waals surface area contributed by atoms with Gasteiger partial charge in [0.2, 0.25) is 0 Å². The van der Waals surface area contributed by atoms with Crippen molar-refractivity contribution in [3.8, 4) is 0 Å². The van der Waals surface area contributed by atoms with E-state index in [1.807, 2.05) is 0 Å². The summed E-state index contributed by atoms with van der Waals surface area (Å²) in [4.78, 5) is 2.50. The van der Waals surface area contributed by atoms with E-state index in [0.29, 0.717) is 18.1 Å². The molecule has 3 heteroatoms. The Kier molecular flexibility index (Phi) is 4.85. The second-order valence-corrected chi connectivity index (χ2v) is 4.65. The third kappa shape index (κ3) is 3.56. The standard InChI is InChI=1S/C11H24N2O/c1-9(2)13-6-4-11(8-13)12-10(3)5-7-14/h9-12,14H,4-8H2,1-3H3. The van der Waals surface area contributed by atoms with Gasteiger partial charge in [0.1, 0.15) is 0 Å². The van der Waals surface area contributed by atoms with Crippen molar-refractivity contribution in [1.29, 1.82) is 0 Å². The summed E-state index contributed by atoms with van der Waals surface area (Å²) in [6, 6.07) is 1.73. The number of rotatable bonds is 5. The van der Waals surface area contributed by atoms with Crippen LogP contribution in [0.4, 0.5) is 0 Å². The zero-order valence-electron chi connectivity index (χ0n) is 9.66. The molecule has 3 nitrogen and oxygen atoms in total. The minimum Gasteiger partial charge on any atom is -0.396 e. The summed E-state index contributed by atoms with van der Waals surface area (Å²) in [5.41, 5.74) is 0. The molecule has 0 spiro atoms. The molecule has 0 aromatic rings. The van der Waals surface area contributed by atoms with Crippen molar-refractivity contribution < 1.29 is 5.11 Å². The molecule has 0 amide bonds. The summed E-state index contributed by atoms with van der Waals surface area (Å²) in [6.07, 6.45) is 2.10. The van der Waals surface area contributed by atoms with Gasteiger partial charge in [0.15, 0.2) is 0 Å². The van der Waals surface area contributed by atoms with E-state index in [1.54, 1.807) is 0 Å². The fraction of sp³-hybridized carbons (Fsp3) is 1.00. The summed E-state index contributed by atoms with van der Waals surface area (Å²) in [5.74, 6) is 0. The summed E-state index contributed by atoms with van der Waals surface area (Å²) >= 11 is 0. The van der Waals surface area contributed by atoms with Crippen LogP contribution in [-0.4, -0.2) is 47.8 Å². The van der Waals surface area contributed by atoms with Crippen LogP contribution in [0.2, 0.25) is 0 Å². The van der Waals surface area contributed by atoms with Crippen LogP contribution in [0.1, 0.15) is 33.6 Å². The maximum atomic E-state index is 8.80. The molecule has 0 aromatic heterocycles. The van der Waals surface area contributed by atoms with Crippen LogP contribution in [0.15, 0.2) is 0 Å². The lowest BCUT2D eigenvalue weighted by Gasteiger charge is -2.22. The highest BCUT2D eigenvalue weighted by Gasteiger charge is 2.24. The van der Waals surface area contributed by atoms with Gasteiger partial charge in [0, 0.05) is 31.3 Å². The molecule has 1 heterocycles. The summed E-state index contributed by atoms with van der Waals surface area (Å²) in [6.45, 7) is 9.30. The zero-order valence-corrected chi connectivity index (χ0v) is 9.66. The van der Waals surface area contributed by atoms with E-state index in [0.717, 1.165) is 13.0 Å². The first kappa shape index (κ1) is 12.0. The van der Waals surface area contributed by atoms with E-state index < -0.39 is 0 Å². The first-order valence-corrected chi connectivity index (χ1v) is 5.74. The topological polar surface area (TPSA) is 35.5 Å². The minimum absolute atomic E-state index is 0.286. The average molecular weight is 200 g/mol. The molecule has 2 atom stereocenters. The van der Waals surface area contributed by atoms with Crippen molar-refractivity contribution in [3.05, 3.63) is 0 Å². The van der Waals surface area contributed by atoms with Crippen molar-refractivity contribution in [3.63, 3.8) is 0 Å². The van der Waals surface area contributed by atoms with Crippen LogP contribution in [0.25, 0.3) is 0 Å². The van der Waals surface area contributed by atoms with E-state index in [2.05, 4.69) is 31.0 Å². The van der Waals surface area contributed by atoms with Crippen LogP contribution in [-0.2, 0) is 0 Å². The van der Waals surface area contributed by atoms with Gasteiger partial charge in [-0.05, 0) is 40.2 Å². The highest BCUT2D eigenvalue weighted by Crippen LogP contribution is 2.13. The van der Waals surface area contributed by atoms with Crippen LogP contribution in [0, 0.1) is 0 Å². The monoisotopic (exact) mass is 200 g/mol. The van der Waals surface area contributed by atoms with Crippen LogP contribution in [0.3, 0.4) is 0 Å².